The summed E-state index contributed by atoms with van der Waals surface area (Å²) >= 11 is 3.49. The number of anilines is 1. The van der Waals surface area contributed by atoms with Crippen molar-refractivity contribution >= 4 is 21.6 Å². The molecule has 0 bridgehead atoms. The van der Waals surface area contributed by atoms with Crippen LogP contribution in [0.4, 0.5) is 5.69 Å². The number of hydrogen-bond donors (Lipinski definition) is 0. The van der Waals surface area contributed by atoms with Crippen molar-refractivity contribution in [2.24, 2.45) is 11.3 Å². The highest BCUT2D eigenvalue weighted by atomic mass is 79.9. The molecule has 1 fully saturated rings. The normalized spacial score (nSPS) is 20.9. The minimum Gasteiger partial charge on any atom is -0.371 e. The molecule has 94 valence electrons. The summed E-state index contributed by atoms with van der Waals surface area (Å²) in [6, 6.07) is 8.94. The molecule has 1 nitrogen and oxygen atoms in total. The highest BCUT2D eigenvalue weighted by Crippen LogP contribution is 2.35. The topological polar surface area (TPSA) is 3.24 Å². The Bertz CT molecular complexity index is 364. The molecule has 1 aliphatic rings. The summed E-state index contributed by atoms with van der Waals surface area (Å²) in [4.78, 5) is 2.52. The molecule has 0 radical (unpaired) electrons. The third-order valence-electron chi connectivity index (χ3n) is 3.87. The minimum absolute atomic E-state index is 0.435. The maximum absolute atomic E-state index is 3.49. The molecular formula is C15H22BrN. The fraction of sp³-hybridized carbons (Fsp3) is 0.600. The van der Waals surface area contributed by atoms with Gasteiger partial charge >= 0.3 is 0 Å². The zero-order valence-corrected chi connectivity index (χ0v) is 12.6. The quantitative estimate of drug-likeness (QED) is 0.729. The summed E-state index contributed by atoms with van der Waals surface area (Å²) in [5.41, 5.74) is 3.16. The lowest BCUT2D eigenvalue weighted by atomic mass is 9.80. The van der Waals surface area contributed by atoms with Crippen molar-refractivity contribution in [3.63, 3.8) is 0 Å². The van der Waals surface area contributed by atoms with Gasteiger partial charge in [-0.2, -0.15) is 0 Å². The minimum atomic E-state index is 0.435. The summed E-state index contributed by atoms with van der Waals surface area (Å²) in [6.07, 6.45) is 1.32. The zero-order chi connectivity index (χ0) is 12.5. The Morgan fingerprint density at radius 3 is 2.35 bits per heavy atom. The van der Waals surface area contributed by atoms with Crippen molar-refractivity contribution < 1.29 is 0 Å². The van der Waals surface area contributed by atoms with Crippen LogP contribution in [0.2, 0.25) is 0 Å². The molecule has 0 aromatic heterocycles. The monoisotopic (exact) mass is 295 g/mol. The first kappa shape index (κ1) is 12.9. The molecule has 0 aliphatic carbocycles. The van der Waals surface area contributed by atoms with E-state index in [2.05, 4.69) is 65.9 Å². The second-order valence-corrected chi connectivity index (χ2v) is 6.66. The van der Waals surface area contributed by atoms with Crippen LogP contribution < -0.4 is 4.90 Å². The molecule has 2 heteroatoms. The van der Waals surface area contributed by atoms with Crippen LogP contribution in [-0.2, 0) is 5.33 Å². The molecule has 0 N–H and O–H groups in total. The average molecular weight is 296 g/mol. The van der Waals surface area contributed by atoms with Gasteiger partial charge in [-0.05, 0) is 35.4 Å². The molecular weight excluding hydrogens is 274 g/mol. The van der Waals surface area contributed by atoms with Crippen LogP contribution in [0.15, 0.2) is 24.3 Å². The van der Waals surface area contributed by atoms with Gasteiger partial charge in [0.25, 0.3) is 0 Å². The van der Waals surface area contributed by atoms with Crippen LogP contribution in [0.5, 0.6) is 0 Å². The van der Waals surface area contributed by atoms with Crippen molar-refractivity contribution in [1.82, 2.24) is 0 Å². The third kappa shape index (κ3) is 3.04. The van der Waals surface area contributed by atoms with Gasteiger partial charge in [-0.3, -0.25) is 0 Å². The lowest BCUT2D eigenvalue weighted by Crippen LogP contribution is -2.25. The molecule has 1 unspecified atom stereocenters. The van der Waals surface area contributed by atoms with E-state index in [-0.39, 0.29) is 0 Å². The van der Waals surface area contributed by atoms with E-state index in [9.17, 15) is 0 Å². The van der Waals surface area contributed by atoms with Crippen LogP contribution in [0.3, 0.4) is 0 Å². The summed E-state index contributed by atoms with van der Waals surface area (Å²) in [5.74, 6) is 0.818. The van der Waals surface area contributed by atoms with E-state index in [0.717, 1.165) is 11.2 Å². The standard InChI is InChI=1S/C15H22BrN/c1-15(2,3)13-8-9-17(11-13)14-6-4-12(10-16)5-7-14/h4-7,13H,8-11H2,1-3H3. The van der Waals surface area contributed by atoms with Gasteiger partial charge in [0.2, 0.25) is 0 Å². The number of rotatable bonds is 2. The second-order valence-electron chi connectivity index (χ2n) is 6.10. The Hall–Kier alpha value is -0.500. The van der Waals surface area contributed by atoms with E-state index in [1.807, 2.05) is 0 Å². The first-order valence-electron chi connectivity index (χ1n) is 6.40. The van der Waals surface area contributed by atoms with Crippen LogP contribution in [0, 0.1) is 11.3 Å². The van der Waals surface area contributed by atoms with Crippen LogP contribution in [-0.4, -0.2) is 13.1 Å². The maximum Gasteiger partial charge on any atom is 0.0366 e. The van der Waals surface area contributed by atoms with E-state index >= 15 is 0 Å². The molecule has 1 atom stereocenters. The lowest BCUT2D eigenvalue weighted by Gasteiger charge is -2.27. The van der Waals surface area contributed by atoms with Gasteiger partial charge < -0.3 is 4.90 Å². The second kappa shape index (κ2) is 5.01. The molecule has 1 saturated heterocycles. The van der Waals surface area contributed by atoms with Gasteiger partial charge in [-0.1, -0.05) is 48.8 Å². The summed E-state index contributed by atoms with van der Waals surface area (Å²) in [7, 11) is 0. The first-order valence-corrected chi connectivity index (χ1v) is 7.52. The van der Waals surface area contributed by atoms with E-state index < -0.39 is 0 Å². The fourth-order valence-electron chi connectivity index (χ4n) is 2.50. The summed E-state index contributed by atoms with van der Waals surface area (Å²) in [6.45, 7) is 9.48. The molecule has 1 aromatic rings. The van der Waals surface area contributed by atoms with Crippen LogP contribution >= 0.6 is 15.9 Å². The van der Waals surface area contributed by atoms with Gasteiger partial charge in [-0.15, -0.1) is 0 Å². The number of hydrogen-bond acceptors (Lipinski definition) is 1. The number of benzene rings is 1. The number of alkyl halides is 1. The Labute approximate surface area is 113 Å². The van der Waals surface area contributed by atoms with Crippen LogP contribution in [0.25, 0.3) is 0 Å². The van der Waals surface area contributed by atoms with E-state index in [1.165, 1.54) is 30.8 Å². The van der Waals surface area contributed by atoms with E-state index in [1.54, 1.807) is 0 Å². The van der Waals surface area contributed by atoms with Crippen molar-refractivity contribution in [1.29, 1.82) is 0 Å². The Morgan fingerprint density at radius 1 is 1.24 bits per heavy atom. The predicted octanol–water partition coefficient (Wildman–Crippen LogP) is 4.45. The molecule has 0 saturated carbocycles. The third-order valence-corrected chi connectivity index (χ3v) is 4.52. The smallest absolute Gasteiger partial charge is 0.0366 e. The molecule has 1 heterocycles. The van der Waals surface area contributed by atoms with Crippen molar-refractivity contribution in [3.8, 4) is 0 Å². The fourth-order valence-corrected chi connectivity index (χ4v) is 2.87. The maximum atomic E-state index is 3.49. The van der Waals surface area contributed by atoms with Crippen molar-refractivity contribution in [3.05, 3.63) is 29.8 Å². The Balaban J connectivity index is 2.05. The Kier molecular flexibility index (Phi) is 3.82. The van der Waals surface area contributed by atoms with Gasteiger partial charge in [0.1, 0.15) is 0 Å². The largest absolute Gasteiger partial charge is 0.371 e. The van der Waals surface area contributed by atoms with Crippen molar-refractivity contribution in [2.75, 3.05) is 18.0 Å². The SMILES string of the molecule is CC(C)(C)C1CCN(c2ccc(CBr)cc2)C1. The van der Waals surface area contributed by atoms with E-state index in [0.29, 0.717) is 5.41 Å². The lowest BCUT2D eigenvalue weighted by molar-refractivity contribution is 0.263. The predicted molar refractivity (Wildman–Crippen MR) is 78.8 cm³/mol. The van der Waals surface area contributed by atoms with Gasteiger partial charge in [0.15, 0.2) is 0 Å². The molecule has 0 amide bonds. The van der Waals surface area contributed by atoms with Gasteiger partial charge in [-0.25, -0.2) is 0 Å². The average Bonchev–Trinajstić information content (AvgIpc) is 2.78. The van der Waals surface area contributed by atoms with E-state index in [4.69, 9.17) is 0 Å². The van der Waals surface area contributed by atoms with Gasteiger partial charge in [0.05, 0.1) is 0 Å². The first-order chi connectivity index (χ1) is 8.00. The van der Waals surface area contributed by atoms with Crippen LogP contribution in [0.1, 0.15) is 32.8 Å². The number of halogens is 1. The highest BCUT2D eigenvalue weighted by Gasteiger charge is 2.31. The highest BCUT2D eigenvalue weighted by molar-refractivity contribution is 9.08. The molecule has 17 heavy (non-hydrogen) atoms. The van der Waals surface area contributed by atoms with Crippen molar-refractivity contribution in [2.45, 2.75) is 32.5 Å². The van der Waals surface area contributed by atoms with Gasteiger partial charge in [0, 0.05) is 24.1 Å². The zero-order valence-electron chi connectivity index (χ0n) is 11.0. The Morgan fingerprint density at radius 2 is 1.88 bits per heavy atom. The summed E-state index contributed by atoms with van der Waals surface area (Å²) < 4.78 is 0. The summed E-state index contributed by atoms with van der Waals surface area (Å²) in [5, 5.41) is 0.942. The molecule has 1 aromatic carbocycles. The molecule has 1 aliphatic heterocycles. The number of nitrogens with zero attached hydrogens (tertiary/aromatic N) is 1. The molecule has 0 spiro atoms. The molecule has 2 rings (SSSR count).